The van der Waals surface area contributed by atoms with E-state index in [0.717, 1.165) is 28.0 Å². The maximum Gasteiger partial charge on any atom is 0.324 e. The van der Waals surface area contributed by atoms with E-state index in [1.807, 2.05) is 50.2 Å². The van der Waals surface area contributed by atoms with Gasteiger partial charge in [-0.2, -0.15) is 5.10 Å². The summed E-state index contributed by atoms with van der Waals surface area (Å²) >= 11 is 1.30. The average Bonchev–Trinajstić information content (AvgIpc) is 3.24. The minimum absolute atomic E-state index is 0.134. The largest absolute Gasteiger partial charge is 0.336 e. The monoisotopic (exact) mass is 381 g/mol. The highest BCUT2D eigenvalue weighted by atomic mass is 32.2. The number of imide groups is 1. The van der Waals surface area contributed by atoms with Crippen molar-refractivity contribution in [3.63, 3.8) is 0 Å². The van der Waals surface area contributed by atoms with Crippen molar-refractivity contribution in [1.82, 2.24) is 24.8 Å². The molecule has 1 N–H and O–H groups in total. The van der Waals surface area contributed by atoms with Crippen LogP contribution in [0.1, 0.15) is 11.3 Å². The molecule has 2 aromatic heterocycles. The van der Waals surface area contributed by atoms with Crippen LogP contribution in [-0.4, -0.2) is 50.3 Å². The predicted octanol–water partition coefficient (Wildman–Crippen LogP) is 2.66. The number of nitrogens with zero attached hydrogens (tertiary/aromatic N) is 4. The van der Waals surface area contributed by atoms with E-state index < -0.39 is 0 Å². The summed E-state index contributed by atoms with van der Waals surface area (Å²) in [7, 11) is 0. The van der Waals surface area contributed by atoms with Crippen LogP contribution in [0, 0.1) is 13.8 Å². The van der Waals surface area contributed by atoms with Crippen LogP contribution in [0.15, 0.2) is 41.6 Å². The van der Waals surface area contributed by atoms with Gasteiger partial charge in [-0.3, -0.25) is 9.69 Å². The number of amides is 3. The standard InChI is InChI=1S/C19H19N5O2S/c1-12-10-13(2)22-24-17(12)16(14-6-4-3-5-7-14)21-19(24)27-11-15(25)23-9-8-20-18(23)26/h3-7,10H,8-9,11H2,1-2H3,(H,20,26). The SMILES string of the molecule is Cc1cc(C)c2c(-c3ccccc3)nc(SCC(=O)N3CCNC3=O)n2n1. The lowest BCUT2D eigenvalue weighted by Gasteiger charge is -2.11. The number of rotatable bonds is 4. The highest BCUT2D eigenvalue weighted by Crippen LogP contribution is 2.30. The smallest absolute Gasteiger partial charge is 0.324 e. The van der Waals surface area contributed by atoms with Crippen molar-refractivity contribution in [2.45, 2.75) is 19.0 Å². The predicted molar refractivity (Wildman–Crippen MR) is 104 cm³/mol. The van der Waals surface area contributed by atoms with Crippen LogP contribution in [0.5, 0.6) is 0 Å². The van der Waals surface area contributed by atoms with E-state index >= 15 is 0 Å². The first-order valence-corrected chi connectivity index (χ1v) is 9.66. The molecule has 4 rings (SSSR count). The van der Waals surface area contributed by atoms with Gasteiger partial charge in [0.05, 0.1) is 22.7 Å². The van der Waals surface area contributed by atoms with Crippen molar-refractivity contribution in [2.24, 2.45) is 0 Å². The lowest BCUT2D eigenvalue weighted by Crippen LogP contribution is -2.35. The molecule has 1 saturated heterocycles. The average molecular weight is 381 g/mol. The minimum Gasteiger partial charge on any atom is -0.336 e. The fraction of sp³-hybridized carbons (Fsp3) is 0.263. The molecule has 1 fully saturated rings. The Kier molecular flexibility index (Phi) is 4.57. The van der Waals surface area contributed by atoms with Crippen molar-refractivity contribution in [3.8, 4) is 11.3 Å². The molecule has 7 nitrogen and oxygen atoms in total. The van der Waals surface area contributed by atoms with Crippen LogP contribution in [-0.2, 0) is 4.79 Å². The topological polar surface area (TPSA) is 79.6 Å². The quantitative estimate of drug-likeness (QED) is 0.703. The first-order chi connectivity index (χ1) is 13.0. The number of nitrogens with one attached hydrogen (secondary N) is 1. The van der Waals surface area contributed by atoms with Gasteiger partial charge in [-0.05, 0) is 25.5 Å². The number of carbonyl (C=O) groups is 2. The molecule has 0 atom stereocenters. The maximum atomic E-state index is 12.4. The molecule has 3 heterocycles. The number of carbonyl (C=O) groups excluding carboxylic acids is 2. The van der Waals surface area contributed by atoms with E-state index in [1.54, 1.807) is 4.52 Å². The molecule has 3 aromatic rings. The van der Waals surface area contributed by atoms with Gasteiger partial charge in [-0.1, -0.05) is 42.1 Å². The van der Waals surface area contributed by atoms with E-state index in [1.165, 1.54) is 16.7 Å². The summed E-state index contributed by atoms with van der Waals surface area (Å²) in [5.41, 5.74) is 4.73. The molecule has 0 radical (unpaired) electrons. The molecule has 3 amide bonds. The number of fused-ring (bicyclic) bond motifs is 1. The molecule has 0 spiro atoms. The summed E-state index contributed by atoms with van der Waals surface area (Å²) in [5.74, 6) is -0.0903. The Morgan fingerprint density at radius 1 is 1.26 bits per heavy atom. The number of imidazole rings is 1. The molecular weight excluding hydrogens is 362 g/mol. The van der Waals surface area contributed by atoms with Crippen LogP contribution < -0.4 is 5.32 Å². The zero-order chi connectivity index (χ0) is 19.0. The van der Waals surface area contributed by atoms with Crippen LogP contribution in [0.3, 0.4) is 0 Å². The fourth-order valence-corrected chi connectivity index (χ4v) is 4.03. The first-order valence-electron chi connectivity index (χ1n) is 8.68. The van der Waals surface area contributed by atoms with E-state index in [4.69, 9.17) is 4.98 Å². The van der Waals surface area contributed by atoms with E-state index in [2.05, 4.69) is 10.4 Å². The van der Waals surface area contributed by atoms with Gasteiger partial charge in [0.2, 0.25) is 5.91 Å². The van der Waals surface area contributed by atoms with Crippen LogP contribution in [0.4, 0.5) is 4.79 Å². The van der Waals surface area contributed by atoms with Gasteiger partial charge < -0.3 is 5.32 Å². The summed E-state index contributed by atoms with van der Waals surface area (Å²) < 4.78 is 1.80. The number of thioether (sulfide) groups is 1. The van der Waals surface area contributed by atoms with Gasteiger partial charge in [0.1, 0.15) is 0 Å². The molecular formula is C19H19N5O2S. The van der Waals surface area contributed by atoms with Gasteiger partial charge in [-0.25, -0.2) is 14.3 Å². The Morgan fingerprint density at radius 2 is 2.04 bits per heavy atom. The zero-order valence-corrected chi connectivity index (χ0v) is 15.9. The van der Waals surface area contributed by atoms with E-state index in [0.29, 0.717) is 18.2 Å². The molecule has 0 bridgehead atoms. The summed E-state index contributed by atoms with van der Waals surface area (Å²) in [5, 5.41) is 7.89. The first kappa shape index (κ1) is 17.5. The minimum atomic E-state index is -0.330. The summed E-state index contributed by atoms with van der Waals surface area (Å²) in [6.07, 6.45) is 0. The molecule has 1 aliphatic heterocycles. The summed E-state index contributed by atoms with van der Waals surface area (Å²) in [6.45, 7) is 4.88. The zero-order valence-electron chi connectivity index (χ0n) is 15.1. The number of aryl methyl sites for hydroxylation is 2. The number of hydrogen-bond acceptors (Lipinski definition) is 5. The molecule has 0 aliphatic carbocycles. The van der Waals surface area contributed by atoms with Gasteiger partial charge >= 0.3 is 6.03 Å². The highest BCUT2D eigenvalue weighted by molar-refractivity contribution is 7.99. The molecule has 1 aliphatic rings. The van der Waals surface area contributed by atoms with E-state index in [9.17, 15) is 9.59 Å². The Balaban J connectivity index is 1.70. The number of urea groups is 1. The number of aromatic nitrogens is 3. The molecule has 1 aromatic carbocycles. The number of hydrogen-bond donors (Lipinski definition) is 1. The van der Waals surface area contributed by atoms with Crippen molar-refractivity contribution >= 4 is 29.2 Å². The molecule has 27 heavy (non-hydrogen) atoms. The number of benzene rings is 1. The van der Waals surface area contributed by atoms with Crippen molar-refractivity contribution in [2.75, 3.05) is 18.8 Å². The van der Waals surface area contributed by atoms with Gasteiger partial charge in [0, 0.05) is 18.7 Å². The molecule has 138 valence electrons. The van der Waals surface area contributed by atoms with Gasteiger partial charge in [0.25, 0.3) is 0 Å². The second-order valence-corrected chi connectivity index (χ2v) is 7.35. The Labute approximate surface area is 160 Å². The Hall–Kier alpha value is -2.87. The molecule has 0 saturated carbocycles. The Bertz CT molecular complexity index is 1030. The van der Waals surface area contributed by atoms with Crippen LogP contribution in [0.2, 0.25) is 0 Å². The van der Waals surface area contributed by atoms with Crippen molar-refractivity contribution < 1.29 is 9.59 Å². The lowest BCUT2D eigenvalue weighted by atomic mass is 10.1. The van der Waals surface area contributed by atoms with Crippen LogP contribution >= 0.6 is 11.8 Å². The summed E-state index contributed by atoms with van der Waals surface area (Å²) in [6, 6.07) is 11.6. The third-order valence-corrected chi connectivity index (χ3v) is 5.32. The van der Waals surface area contributed by atoms with E-state index in [-0.39, 0.29) is 17.7 Å². The molecule has 0 unspecified atom stereocenters. The summed E-state index contributed by atoms with van der Waals surface area (Å²) in [4.78, 5) is 30.0. The third kappa shape index (κ3) is 3.28. The second kappa shape index (κ2) is 7.03. The van der Waals surface area contributed by atoms with Gasteiger partial charge in [0.15, 0.2) is 5.16 Å². The highest BCUT2D eigenvalue weighted by Gasteiger charge is 2.26. The van der Waals surface area contributed by atoms with Crippen LogP contribution in [0.25, 0.3) is 16.8 Å². The van der Waals surface area contributed by atoms with Crippen molar-refractivity contribution in [1.29, 1.82) is 0 Å². The normalized spacial score (nSPS) is 14.0. The Morgan fingerprint density at radius 3 is 2.74 bits per heavy atom. The second-order valence-electron chi connectivity index (χ2n) is 6.40. The maximum absolute atomic E-state index is 12.4. The van der Waals surface area contributed by atoms with Crippen molar-refractivity contribution in [3.05, 3.63) is 47.7 Å². The third-order valence-electron chi connectivity index (χ3n) is 4.41. The van der Waals surface area contributed by atoms with Gasteiger partial charge in [-0.15, -0.1) is 0 Å². The molecule has 8 heteroatoms. The fourth-order valence-electron chi connectivity index (χ4n) is 3.21. The lowest BCUT2D eigenvalue weighted by molar-refractivity contribution is -0.124.